The predicted molar refractivity (Wildman–Crippen MR) is 47.0 cm³/mol. The molecule has 1 unspecified atom stereocenters. The zero-order chi connectivity index (χ0) is 8.39. The Balaban J connectivity index is 1.81. The molecule has 2 heterocycles. The van der Waals surface area contributed by atoms with E-state index in [0.29, 0.717) is 6.54 Å². The Morgan fingerprint density at radius 2 is 2.33 bits per heavy atom. The van der Waals surface area contributed by atoms with Crippen molar-refractivity contribution in [3.05, 3.63) is 0 Å². The minimum absolute atomic E-state index is 0.263. The Morgan fingerprint density at radius 3 is 2.92 bits per heavy atom. The summed E-state index contributed by atoms with van der Waals surface area (Å²) in [5, 5.41) is 3.28. The van der Waals surface area contributed by atoms with E-state index in [1.165, 1.54) is 0 Å². The molecule has 4 nitrogen and oxygen atoms in total. The summed E-state index contributed by atoms with van der Waals surface area (Å²) < 4.78 is 5.49. The van der Waals surface area contributed by atoms with Gasteiger partial charge in [-0.1, -0.05) is 0 Å². The maximum atomic E-state index is 5.56. The lowest BCUT2D eigenvalue weighted by Crippen LogP contribution is -2.61. The van der Waals surface area contributed by atoms with Gasteiger partial charge in [0.05, 0.1) is 12.7 Å². The molecule has 2 aliphatic rings. The normalized spacial score (nSPS) is 33.2. The average molecular weight is 171 g/mol. The lowest BCUT2D eigenvalue weighted by Gasteiger charge is -2.42. The molecular formula is C8H17N3O. The number of nitrogens with two attached hydrogens (primary N) is 1. The third-order valence-electron chi connectivity index (χ3n) is 2.71. The molecule has 1 atom stereocenters. The summed E-state index contributed by atoms with van der Waals surface area (Å²) in [4.78, 5) is 2.48. The van der Waals surface area contributed by atoms with E-state index >= 15 is 0 Å². The van der Waals surface area contributed by atoms with Crippen molar-refractivity contribution in [3.8, 4) is 0 Å². The van der Waals surface area contributed by atoms with Crippen LogP contribution in [-0.2, 0) is 4.74 Å². The molecule has 0 amide bonds. The lowest BCUT2D eigenvalue weighted by atomic mass is 10.1. The summed E-state index contributed by atoms with van der Waals surface area (Å²) in [7, 11) is 0. The van der Waals surface area contributed by atoms with Crippen LogP contribution < -0.4 is 11.1 Å². The van der Waals surface area contributed by atoms with Gasteiger partial charge in [0, 0.05) is 38.8 Å². The van der Waals surface area contributed by atoms with Crippen LogP contribution in [0.15, 0.2) is 0 Å². The second-order valence-electron chi connectivity index (χ2n) is 3.54. The SMILES string of the molecule is NCC1CN(C2CNC2)CCO1. The molecule has 0 saturated carbocycles. The topological polar surface area (TPSA) is 50.5 Å². The fourth-order valence-corrected chi connectivity index (χ4v) is 1.75. The van der Waals surface area contributed by atoms with E-state index in [-0.39, 0.29) is 6.10 Å². The Kier molecular flexibility index (Phi) is 2.60. The number of morpholine rings is 1. The van der Waals surface area contributed by atoms with E-state index in [2.05, 4.69) is 10.2 Å². The van der Waals surface area contributed by atoms with Crippen LogP contribution in [0.1, 0.15) is 0 Å². The van der Waals surface area contributed by atoms with E-state index in [9.17, 15) is 0 Å². The first kappa shape index (κ1) is 8.44. The maximum absolute atomic E-state index is 5.56. The van der Waals surface area contributed by atoms with Crippen molar-refractivity contribution in [3.63, 3.8) is 0 Å². The number of nitrogens with zero attached hydrogens (tertiary/aromatic N) is 1. The molecule has 2 saturated heterocycles. The smallest absolute Gasteiger partial charge is 0.0824 e. The Morgan fingerprint density at radius 1 is 1.50 bits per heavy atom. The zero-order valence-corrected chi connectivity index (χ0v) is 7.33. The van der Waals surface area contributed by atoms with Crippen molar-refractivity contribution < 1.29 is 4.74 Å². The minimum Gasteiger partial charge on any atom is -0.374 e. The second-order valence-corrected chi connectivity index (χ2v) is 3.54. The fourth-order valence-electron chi connectivity index (χ4n) is 1.75. The Hall–Kier alpha value is -0.160. The lowest BCUT2D eigenvalue weighted by molar-refractivity contribution is -0.0457. The minimum atomic E-state index is 0.263. The molecule has 3 N–H and O–H groups in total. The van der Waals surface area contributed by atoms with Crippen molar-refractivity contribution in [1.82, 2.24) is 10.2 Å². The molecule has 0 aromatic rings. The molecule has 0 aromatic heterocycles. The van der Waals surface area contributed by atoms with Crippen molar-refractivity contribution in [2.75, 3.05) is 39.3 Å². The maximum Gasteiger partial charge on any atom is 0.0824 e. The summed E-state index contributed by atoms with van der Waals surface area (Å²) in [5.74, 6) is 0. The molecular weight excluding hydrogens is 154 g/mol. The highest BCUT2D eigenvalue weighted by molar-refractivity contribution is 4.87. The first-order valence-corrected chi connectivity index (χ1v) is 4.66. The van der Waals surface area contributed by atoms with Crippen molar-refractivity contribution >= 4 is 0 Å². The van der Waals surface area contributed by atoms with Gasteiger partial charge in [-0.25, -0.2) is 0 Å². The van der Waals surface area contributed by atoms with Crippen LogP contribution in [0, 0.1) is 0 Å². The molecule has 0 aromatic carbocycles. The summed E-state index contributed by atoms with van der Waals surface area (Å²) in [6.45, 7) is 5.86. The van der Waals surface area contributed by atoms with Gasteiger partial charge >= 0.3 is 0 Å². The molecule has 2 aliphatic heterocycles. The van der Waals surface area contributed by atoms with Crippen LogP contribution >= 0.6 is 0 Å². The summed E-state index contributed by atoms with van der Waals surface area (Å²) in [6.07, 6.45) is 0.263. The molecule has 0 aliphatic carbocycles. The average Bonchev–Trinajstić information content (AvgIpc) is 2.02. The van der Waals surface area contributed by atoms with Crippen LogP contribution in [0.3, 0.4) is 0 Å². The van der Waals surface area contributed by atoms with Gasteiger partial charge in [-0.2, -0.15) is 0 Å². The summed E-state index contributed by atoms with van der Waals surface area (Å²) in [6, 6.07) is 0.739. The number of hydrogen-bond acceptors (Lipinski definition) is 4. The van der Waals surface area contributed by atoms with E-state index in [4.69, 9.17) is 10.5 Å². The predicted octanol–water partition coefficient (Wildman–Crippen LogP) is -1.38. The van der Waals surface area contributed by atoms with E-state index < -0.39 is 0 Å². The molecule has 0 spiro atoms. The van der Waals surface area contributed by atoms with E-state index in [0.717, 1.165) is 38.8 Å². The largest absolute Gasteiger partial charge is 0.374 e. The van der Waals surface area contributed by atoms with E-state index in [1.54, 1.807) is 0 Å². The second kappa shape index (κ2) is 3.70. The Bertz CT molecular complexity index is 149. The van der Waals surface area contributed by atoms with Gasteiger partial charge in [-0.05, 0) is 0 Å². The third kappa shape index (κ3) is 1.61. The third-order valence-corrected chi connectivity index (χ3v) is 2.71. The highest BCUT2D eigenvalue weighted by atomic mass is 16.5. The first-order valence-electron chi connectivity index (χ1n) is 4.66. The van der Waals surface area contributed by atoms with Crippen LogP contribution in [0.5, 0.6) is 0 Å². The van der Waals surface area contributed by atoms with Crippen molar-refractivity contribution in [2.45, 2.75) is 12.1 Å². The van der Waals surface area contributed by atoms with Gasteiger partial charge in [0.2, 0.25) is 0 Å². The van der Waals surface area contributed by atoms with Crippen LogP contribution in [0.25, 0.3) is 0 Å². The van der Waals surface area contributed by atoms with Crippen molar-refractivity contribution in [2.24, 2.45) is 5.73 Å². The van der Waals surface area contributed by atoms with Crippen molar-refractivity contribution in [1.29, 1.82) is 0 Å². The number of nitrogens with one attached hydrogen (secondary N) is 1. The first-order chi connectivity index (χ1) is 5.90. The molecule has 12 heavy (non-hydrogen) atoms. The summed E-state index contributed by atoms with van der Waals surface area (Å²) >= 11 is 0. The number of ether oxygens (including phenoxy) is 1. The number of rotatable bonds is 2. The monoisotopic (exact) mass is 171 g/mol. The Labute approximate surface area is 73.0 Å². The fraction of sp³-hybridized carbons (Fsp3) is 1.00. The van der Waals surface area contributed by atoms with Crippen LogP contribution in [0.4, 0.5) is 0 Å². The van der Waals surface area contributed by atoms with Gasteiger partial charge < -0.3 is 15.8 Å². The number of hydrogen-bond donors (Lipinski definition) is 2. The van der Waals surface area contributed by atoms with Gasteiger partial charge in [0.25, 0.3) is 0 Å². The van der Waals surface area contributed by atoms with Gasteiger partial charge in [0.15, 0.2) is 0 Å². The van der Waals surface area contributed by atoms with Crippen LogP contribution in [-0.4, -0.2) is 56.4 Å². The highest BCUT2D eigenvalue weighted by Gasteiger charge is 2.28. The molecule has 0 radical (unpaired) electrons. The molecule has 2 rings (SSSR count). The van der Waals surface area contributed by atoms with Gasteiger partial charge in [-0.15, -0.1) is 0 Å². The van der Waals surface area contributed by atoms with Gasteiger partial charge in [-0.3, -0.25) is 4.90 Å². The van der Waals surface area contributed by atoms with Crippen LogP contribution in [0.2, 0.25) is 0 Å². The zero-order valence-electron chi connectivity index (χ0n) is 7.33. The summed E-state index contributed by atoms with van der Waals surface area (Å²) in [5.41, 5.74) is 5.56. The molecule has 2 fully saturated rings. The molecule has 0 bridgehead atoms. The quantitative estimate of drug-likeness (QED) is 0.537. The standard InChI is InChI=1S/C8H17N3O/c9-3-8-6-11(1-2-12-8)7-4-10-5-7/h7-8,10H,1-6,9H2. The molecule has 70 valence electrons. The highest BCUT2D eigenvalue weighted by Crippen LogP contribution is 2.10. The van der Waals surface area contributed by atoms with E-state index in [1.807, 2.05) is 0 Å². The molecule has 4 heteroatoms. The van der Waals surface area contributed by atoms with Gasteiger partial charge in [0.1, 0.15) is 0 Å².